The molecule has 2 rings (SSSR count). The molecule has 1 aliphatic rings. The summed E-state index contributed by atoms with van der Waals surface area (Å²) in [5.41, 5.74) is 1.92. The van der Waals surface area contributed by atoms with Gasteiger partial charge in [-0.25, -0.2) is 9.28 Å². The van der Waals surface area contributed by atoms with Crippen LogP contribution in [0.4, 0.5) is 5.69 Å². The molecule has 0 bridgehead atoms. The summed E-state index contributed by atoms with van der Waals surface area (Å²) in [6.07, 6.45) is 10.8. The molecule has 8 nitrogen and oxygen atoms in total. The molecule has 0 radical (unpaired) electrons. The lowest BCUT2D eigenvalue weighted by atomic mass is 10.00. The second-order valence-corrected chi connectivity index (χ2v) is 8.82. The van der Waals surface area contributed by atoms with Crippen molar-refractivity contribution in [3.8, 4) is 6.07 Å². The van der Waals surface area contributed by atoms with Crippen molar-refractivity contribution in [2.75, 3.05) is 38.2 Å². The van der Waals surface area contributed by atoms with Crippen LogP contribution in [0.25, 0.3) is 6.08 Å². The third kappa shape index (κ3) is 10.4. The molecular weight excluding hydrogens is 456 g/mol. The van der Waals surface area contributed by atoms with Crippen molar-refractivity contribution < 1.29 is 28.9 Å². The van der Waals surface area contributed by atoms with Crippen LogP contribution >= 0.6 is 0 Å². The number of carboxylic acid groups (broad SMARTS) is 1. The molecule has 2 unspecified atom stereocenters. The number of hydrogen-bond donors (Lipinski definition) is 1. The van der Waals surface area contributed by atoms with E-state index in [0.717, 1.165) is 43.6 Å². The van der Waals surface area contributed by atoms with Gasteiger partial charge in [-0.2, -0.15) is 10.3 Å². The highest BCUT2D eigenvalue weighted by Gasteiger charge is 2.24. The molecule has 8 heteroatoms. The number of hydrogen-bond acceptors (Lipinski definition) is 6. The minimum Gasteiger partial charge on any atom is -0.550 e. The molecule has 0 amide bonds. The second-order valence-electron chi connectivity index (χ2n) is 8.82. The molecule has 196 valence electrons. The predicted octanol–water partition coefficient (Wildman–Crippen LogP) is 1.98. The number of likely N-dealkylation sites (N-methyl/N-ethyl adjacent to an activating group) is 1. The average molecular weight is 498 g/mol. The molecule has 36 heavy (non-hydrogen) atoms. The van der Waals surface area contributed by atoms with E-state index in [0.29, 0.717) is 17.4 Å². The maximum absolute atomic E-state index is 12.2. The molecule has 0 saturated carbocycles. The van der Waals surface area contributed by atoms with Gasteiger partial charge in [0.05, 0.1) is 7.05 Å². The Morgan fingerprint density at radius 1 is 1.19 bits per heavy atom. The van der Waals surface area contributed by atoms with Crippen LogP contribution in [0.2, 0.25) is 0 Å². The van der Waals surface area contributed by atoms with Crippen molar-refractivity contribution in [2.24, 2.45) is 5.92 Å². The number of ether oxygens (including phenoxy) is 1. The summed E-state index contributed by atoms with van der Waals surface area (Å²) in [5, 5.41) is 19.6. The van der Waals surface area contributed by atoms with Crippen molar-refractivity contribution in [1.82, 2.24) is 0 Å². The van der Waals surface area contributed by atoms with Crippen LogP contribution in [0.1, 0.15) is 58.9 Å². The summed E-state index contributed by atoms with van der Waals surface area (Å²) < 4.78 is 5.79. The Morgan fingerprint density at radius 2 is 1.86 bits per heavy atom. The number of nitrogens with zero attached hydrogens (tertiary/aromatic N) is 3. The molecule has 2 atom stereocenters. The number of rotatable bonds is 13. The van der Waals surface area contributed by atoms with E-state index in [-0.39, 0.29) is 18.1 Å². The lowest BCUT2D eigenvalue weighted by Crippen LogP contribution is -2.62. The Hall–Kier alpha value is -3.44. The third-order valence-corrected chi connectivity index (χ3v) is 6.09. The van der Waals surface area contributed by atoms with E-state index in [9.17, 15) is 20.0 Å². The van der Waals surface area contributed by atoms with E-state index >= 15 is 0 Å². The van der Waals surface area contributed by atoms with Gasteiger partial charge in [0.1, 0.15) is 24.8 Å². The van der Waals surface area contributed by atoms with E-state index in [1.165, 1.54) is 0 Å². The molecule has 1 heterocycles. The standard InChI is InChI=1S/C20H25N4O2.C8H16O2/c1-4-23(5-2)19-8-6-17(7-9-19)14-18(15-21)20(25)26-13-12-24(3)11-10-22-16-24;1-3-5-6-7(4-2)8(9)10/h6-11,14,16H,4-5,12-13H2,1-3H3;7H,3-6H2,1-2H3,(H,9,10)/q+1;/b18-14+;. The van der Waals surface area contributed by atoms with Gasteiger partial charge in [0, 0.05) is 24.7 Å². The lowest BCUT2D eigenvalue weighted by Gasteiger charge is -2.20. The zero-order valence-corrected chi connectivity index (χ0v) is 22.3. The molecule has 0 fully saturated rings. The fraction of sp³-hybridized carbons (Fsp3) is 0.500. The number of unbranched alkanes of at least 4 members (excludes halogenated alkanes) is 1. The number of nitrogens with one attached hydrogen (secondary N) is 1. The lowest BCUT2D eigenvalue weighted by molar-refractivity contribution is -0.767. The first-order valence-electron chi connectivity index (χ1n) is 12.7. The van der Waals surface area contributed by atoms with E-state index in [4.69, 9.17) is 4.74 Å². The Kier molecular flexibility index (Phi) is 13.8. The zero-order chi connectivity index (χ0) is 27.0. The van der Waals surface area contributed by atoms with Crippen LogP contribution in [-0.4, -0.2) is 56.0 Å². The van der Waals surface area contributed by atoms with Crippen molar-refractivity contribution in [1.29, 1.82) is 5.26 Å². The summed E-state index contributed by atoms with van der Waals surface area (Å²) in [5.74, 6) is -1.71. The van der Waals surface area contributed by atoms with Crippen LogP contribution < -0.4 is 15.0 Å². The largest absolute Gasteiger partial charge is 0.550 e. The van der Waals surface area contributed by atoms with E-state index in [2.05, 4.69) is 30.7 Å². The highest BCUT2D eigenvalue weighted by Crippen LogP contribution is 2.17. The summed E-state index contributed by atoms with van der Waals surface area (Å²) >= 11 is 0. The highest BCUT2D eigenvalue weighted by atomic mass is 16.5. The van der Waals surface area contributed by atoms with Gasteiger partial charge in [-0.3, -0.25) is 0 Å². The van der Waals surface area contributed by atoms with Gasteiger partial charge < -0.3 is 19.5 Å². The first-order valence-corrected chi connectivity index (χ1v) is 12.7. The van der Waals surface area contributed by atoms with Gasteiger partial charge in [-0.1, -0.05) is 38.8 Å². The van der Waals surface area contributed by atoms with E-state index in [1.807, 2.05) is 63.0 Å². The fourth-order valence-corrected chi connectivity index (χ4v) is 3.63. The number of nitriles is 1. The Balaban J connectivity index is 0.000000548. The number of anilines is 1. The first-order chi connectivity index (χ1) is 17.2. The van der Waals surface area contributed by atoms with Crippen molar-refractivity contribution in [3.63, 3.8) is 0 Å². The minimum atomic E-state index is -0.893. The minimum absolute atomic E-state index is 0.00214. The number of quaternary nitrogens is 1. The Labute approximate surface area is 215 Å². The van der Waals surface area contributed by atoms with Crippen LogP contribution in [0.5, 0.6) is 0 Å². The Bertz CT molecular complexity index is 945. The summed E-state index contributed by atoms with van der Waals surface area (Å²) in [6.45, 7) is 10.9. The van der Waals surface area contributed by atoms with Gasteiger partial charge in [-0.05, 0) is 56.4 Å². The number of benzene rings is 1. The van der Waals surface area contributed by atoms with E-state index in [1.54, 1.807) is 6.08 Å². The van der Waals surface area contributed by atoms with Crippen molar-refractivity contribution in [3.05, 3.63) is 47.8 Å². The van der Waals surface area contributed by atoms with Gasteiger partial charge in [-0.15, -0.1) is 0 Å². The number of carbonyl (C=O) groups is 2. The van der Waals surface area contributed by atoms with Gasteiger partial charge >= 0.3 is 12.3 Å². The molecule has 0 spiro atoms. The monoisotopic (exact) mass is 497 g/mol. The maximum Gasteiger partial charge on any atom is 0.349 e. The van der Waals surface area contributed by atoms with Gasteiger partial charge in [0.25, 0.3) is 0 Å². The number of aliphatic carboxylic acids is 1. The van der Waals surface area contributed by atoms with Crippen molar-refractivity contribution >= 4 is 30.0 Å². The summed E-state index contributed by atoms with van der Waals surface area (Å²) in [4.78, 5) is 27.7. The molecule has 1 aliphatic heterocycles. The average Bonchev–Trinajstić information content (AvgIpc) is 3.31. The number of carboxylic acids is 1. The summed E-state index contributed by atoms with van der Waals surface area (Å²) in [6, 6.07) is 9.73. The molecule has 1 aromatic carbocycles. The van der Waals surface area contributed by atoms with Gasteiger partial charge in [0.15, 0.2) is 6.20 Å². The first kappa shape index (κ1) is 30.6. The second kappa shape index (κ2) is 16.3. The number of carbonyl (C=O) groups excluding carboxylic acids is 2. The predicted molar refractivity (Wildman–Crippen MR) is 140 cm³/mol. The molecule has 0 saturated heterocycles. The van der Waals surface area contributed by atoms with Gasteiger partial charge in [0.2, 0.25) is 6.20 Å². The maximum atomic E-state index is 12.2. The zero-order valence-electron chi connectivity index (χ0n) is 22.3. The van der Waals surface area contributed by atoms with Crippen LogP contribution in [-0.2, 0) is 14.3 Å². The molecule has 0 aliphatic carbocycles. The molecule has 1 aromatic rings. The number of esters is 1. The molecular formula is C28H41N4O4+. The van der Waals surface area contributed by atoms with Crippen LogP contribution in [0.15, 0.2) is 42.2 Å². The quantitative estimate of drug-likeness (QED) is 0.193. The molecule has 0 aromatic heterocycles. The fourth-order valence-electron chi connectivity index (χ4n) is 3.63. The van der Waals surface area contributed by atoms with Crippen molar-refractivity contribution in [2.45, 2.75) is 53.4 Å². The molecule has 1 N–H and O–H groups in total. The summed E-state index contributed by atoms with van der Waals surface area (Å²) in [7, 11) is 1.99. The normalized spacial score (nSPS) is 17.1. The Morgan fingerprint density at radius 3 is 2.33 bits per heavy atom. The van der Waals surface area contributed by atoms with Crippen LogP contribution in [0, 0.1) is 17.2 Å². The SMILES string of the molecule is CCCCC(CC)C(=O)[O-].CCN(CC)c1ccc(/C=C(\C#N)C(=O)OCC[N+]2(C)C=C[NH+]=C2)cc1. The van der Waals surface area contributed by atoms with Crippen LogP contribution in [0.3, 0.4) is 0 Å². The third-order valence-electron chi connectivity index (χ3n) is 6.09. The van der Waals surface area contributed by atoms with E-state index < -0.39 is 11.9 Å². The highest BCUT2D eigenvalue weighted by molar-refractivity contribution is 5.97. The topological polar surface area (TPSA) is 107 Å². The smallest absolute Gasteiger partial charge is 0.349 e.